The summed E-state index contributed by atoms with van der Waals surface area (Å²) >= 11 is 1.12. The van der Waals surface area contributed by atoms with E-state index in [0.717, 1.165) is 35.5 Å². The summed E-state index contributed by atoms with van der Waals surface area (Å²) < 4.78 is 34.2. The van der Waals surface area contributed by atoms with Gasteiger partial charge in [0, 0.05) is 24.0 Å². The second-order valence-corrected chi connectivity index (χ2v) is 7.12. The molecule has 0 spiro atoms. The fraction of sp³-hybridized carbons (Fsp3) is 0.100. The van der Waals surface area contributed by atoms with E-state index in [4.69, 9.17) is 4.42 Å². The van der Waals surface area contributed by atoms with E-state index in [9.17, 15) is 13.6 Å². The fourth-order valence-electron chi connectivity index (χ4n) is 2.71. The van der Waals surface area contributed by atoms with Crippen LogP contribution in [0.1, 0.15) is 5.76 Å². The molecule has 0 aliphatic carbocycles. The summed E-state index contributed by atoms with van der Waals surface area (Å²) in [5, 5.41) is 11.2. The Bertz CT molecular complexity index is 1150. The van der Waals surface area contributed by atoms with Crippen LogP contribution in [0.2, 0.25) is 0 Å². The Morgan fingerprint density at radius 3 is 2.83 bits per heavy atom. The molecule has 0 aliphatic heterocycles. The molecular formula is C20H15F2N5O2S. The van der Waals surface area contributed by atoms with E-state index < -0.39 is 17.5 Å². The average molecular weight is 427 g/mol. The molecule has 7 nitrogen and oxygen atoms in total. The lowest BCUT2D eigenvalue weighted by Crippen LogP contribution is -2.16. The Kier molecular flexibility index (Phi) is 5.84. The molecule has 1 N–H and O–H groups in total. The van der Waals surface area contributed by atoms with E-state index in [-0.39, 0.29) is 11.4 Å². The van der Waals surface area contributed by atoms with Crippen LogP contribution in [0.3, 0.4) is 0 Å². The average Bonchev–Trinajstić information content (AvgIpc) is 3.40. The van der Waals surface area contributed by atoms with Crippen LogP contribution in [0.15, 0.2) is 70.7 Å². The van der Waals surface area contributed by atoms with E-state index in [0.29, 0.717) is 23.3 Å². The van der Waals surface area contributed by atoms with Crippen molar-refractivity contribution in [3.63, 3.8) is 0 Å². The Balaban J connectivity index is 1.52. The number of thioether (sulfide) groups is 1. The summed E-state index contributed by atoms with van der Waals surface area (Å²) in [5.74, 6) is -0.667. The molecule has 3 aromatic heterocycles. The minimum atomic E-state index is -0.713. The SMILES string of the molecule is O=C(CSc1nnc(-c2cccnc2)n1Cc1ccco1)Nc1cc(F)ccc1F. The summed E-state index contributed by atoms with van der Waals surface area (Å²) in [7, 11) is 0. The molecule has 4 rings (SSSR count). The van der Waals surface area contributed by atoms with Crippen LogP contribution in [-0.4, -0.2) is 31.4 Å². The summed E-state index contributed by atoms with van der Waals surface area (Å²) in [6.07, 6.45) is 4.88. The first-order valence-corrected chi connectivity index (χ1v) is 9.82. The number of nitrogens with zero attached hydrogens (tertiary/aromatic N) is 4. The van der Waals surface area contributed by atoms with Gasteiger partial charge in [-0.15, -0.1) is 10.2 Å². The Labute approximate surface area is 174 Å². The molecule has 0 aliphatic rings. The zero-order chi connectivity index (χ0) is 20.9. The third-order valence-corrected chi connectivity index (χ3v) is 5.03. The maximum absolute atomic E-state index is 13.7. The number of anilines is 1. The predicted octanol–water partition coefficient (Wildman–Crippen LogP) is 3.99. The van der Waals surface area contributed by atoms with Crippen LogP contribution >= 0.6 is 11.8 Å². The predicted molar refractivity (Wildman–Crippen MR) is 107 cm³/mol. The van der Waals surface area contributed by atoms with Crippen molar-refractivity contribution >= 4 is 23.4 Å². The van der Waals surface area contributed by atoms with Gasteiger partial charge in [-0.1, -0.05) is 11.8 Å². The molecule has 0 bridgehead atoms. The van der Waals surface area contributed by atoms with Gasteiger partial charge >= 0.3 is 0 Å². The molecule has 0 saturated carbocycles. The first kappa shape index (κ1) is 19.8. The van der Waals surface area contributed by atoms with Crippen LogP contribution in [-0.2, 0) is 11.3 Å². The number of nitrogens with one attached hydrogen (secondary N) is 1. The van der Waals surface area contributed by atoms with Crippen LogP contribution < -0.4 is 5.32 Å². The molecule has 0 radical (unpaired) electrons. The van der Waals surface area contributed by atoms with Gasteiger partial charge < -0.3 is 9.73 Å². The molecule has 30 heavy (non-hydrogen) atoms. The number of rotatable bonds is 7. The number of carbonyl (C=O) groups excluding carboxylic acids is 1. The number of hydrogen-bond acceptors (Lipinski definition) is 6. The van der Waals surface area contributed by atoms with Gasteiger partial charge in [-0.3, -0.25) is 14.3 Å². The standard InChI is InChI=1S/C20H15F2N5O2S/c21-14-5-6-16(22)17(9-14)24-18(28)12-30-20-26-25-19(13-3-1-7-23-10-13)27(20)11-15-4-2-8-29-15/h1-10H,11-12H2,(H,24,28). The number of furan rings is 1. The number of halogens is 2. The highest BCUT2D eigenvalue weighted by Crippen LogP contribution is 2.25. The monoisotopic (exact) mass is 427 g/mol. The molecule has 0 atom stereocenters. The molecule has 10 heteroatoms. The molecule has 1 amide bonds. The van der Waals surface area contributed by atoms with Crippen molar-refractivity contribution in [2.24, 2.45) is 0 Å². The second-order valence-electron chi connectivity index (χ2n) is 6.17. The number of amides is 1. The van der Waals surface area contributed by atoms with E-state index in [1.807, 2.05) is 12.1 Å². The van der Waals surface area contributed by atoms with Gasteiger partial charge in [-0.05, 0) is 36.4 Å². The van der Waals surface area contributed by atoms with Crippen molar-refractivity contribution < 1.29 is 18.0 Å². The third kappa shape index (κ3) is 4.54. The molecule has 1 aromatic carbocycles. The molecule has 0 saturated heterocycles. The molecule has 152 valence electrons. The van der Waals surface area contributed by atoms with Crippen molar-refractivity contribution in [2.45, 2.75) is 11.7 Å². The number of aromatic nitrogens is 4. The Morgan fingerprint density at radius 2 is 2.07 bits per heavy atom. The number of carbonyl (C=O) groups is 1. The van der Waals surface area contributed by atoms with Crippen molar-refractivity contribution in [3.8, 4) is 11.4 Å². The third-order valence-electron chi connectivity index (χ3n) is 4.07. The van der Waals surface area contributed by atoms with Crippen molar-refractivity contribution in [1.29, 1.82) is 0 Å². The summed E-state index contributed by atoms with van der Waals surface area (Å²) in [6, 6.07) is 10.1. The molecular weight excluding hydrogens is 412 g/mol. The number of pyridine rings is 1. The minimum Gasteiger partial charge on any atom is -0.467 e. The van der Waals surface area contributed by atoms with Crippen LogP contribution in [0.4, 0.5) is 14.5 Å². The molecule has 4 aromatic rings. The molecule has 0 fully saturated rings. The van der Waals surface area contributed by atoms with Crippen LogP contribution in [0.5, 0.6) is 0 Å². The van der Waals surface area contributed by atoms with Gasteiger partial charge in [0.05, 0.1) is 24.2 Å². The van der Waals surface area contributed by atoms with Gasteiger partial charge in [-0.2, -0.15) is 0 Å². The molecule has 0 unspecified atom stereocenters. The highest BCUT2D eigenvalue weighted by Gasteiger charge is 2.17. The van der Waals surface area contributed by atoms with E-state index >= 15 is 0 Å². The fourth-order valence-corrected chi connectivity index (χ4v) is 3.45. The van der Waals surface area contributed by atoms with Gasteiger partial charge in [0.2, 0.25) is 5.91 Å². The smallest absolute Gasteiger partial charge is 0.234 e. The number of hydrogen-bond donors (Lipinski definition) is 1. The highest BCUT2D eigenvalue weighted by atomic mass is 32.2. The van der Waals surface area contributed by atoms with Crippen molar-refractivity contribution in [3.05, 3.63) is 78.5 Å². The maximum Gasteiger partial charge on any atom is 0.234 e. The lowest BCUT2D eigenvalue weighted by atomic mass is 10.2. The minimum absolute atomic E-state index is 0.0702. The second kappa shape index (κ2) is 8.87. The van der Waals surface area contributed by atoms with Gasteiger partial charge in [0.1, 0.15) is 17.4 Å². The topological polar surface area (TPSA) is 85.8 Å². The highest BCUT2D eigenvalue weighted by molar-refractivity contribution is 7.99. The lowest BCUT2D eigenvalue weighted by molar-refractivity contribution is -0.113. The number of benzene rings is 1. The Morgan fingerprint density at radius 1 is 1.17 bits per heavy atom. The summed E-state index contributed by atoms with van der Waals surface area (Å²) in [6.45, 7) is 0.354. The Hall–Kier alpha value is -3.53. The maximum atomic E-state index is 13.7. The van der Waals surface area contributed by atoms with E-state index in [1.54, 1.807) is 35.4 Å². The van der Waals surface area contributed by atoms with Gasteiger partial charge in [-0.25, -0.2) is 8.78 Å². The van der Waals surface area contributed by atoms with Crippen molar-refractivity contribution in [1.82, 2.24) is 19.7 Å². The van der Waals surface area contributed by atoms with Gasteiger partial charge in [0.15, 0.2) is 11.0 Å². The first-order chi connectivity index (χ1) is 14.6. The normalized spacial score (nSPS) is 10.9. The summed E-state index contributed by atoms with van der Waals surface area (Å²) in [4.78, 5) is 16.4. The van der Waals surface area contributed by atoms with E-state index in [2.05, 4.69) is 20.5 Å². The quantitative estimate of drug-likeness (QED) is 0.449. The largest absolute Gasteiger partial charge is 0.467 e. The van der Waals surface area contributed by atoms with Crippen molar-refractivity contribution in [2.75, 3.05) is 11.1 Å². The lowest BCUT2D eigenvalue weighted by Gasteiger charge is -2.09. The van der Waals surface area contributed by atoms with Crippen LogP contribution in [0.25, 0.3) is 11.4 Å². The zero-order valence-electron chi connectivity index (χ0n) is 15.5. The zero-order valence-corrected chi connectivity index (χ0v) is 16.3. The molecule has 3 heterocycles. The van der Waals surface area contributed by atoms with Gasteiger partial charge in [0.25, 0.3) is 0 Å². The van der Waals surface area contributed by atoms with Crippen LogP contribution in [0, 0.1) is 11.6 Å². The first-order valence-electron chi connectivity index (χ1n) is 8.84. The summed E-state index contributed by atoms with van der Waals surface area (Å²) in [5.41, 5.74) is 0.545. The van der Waals surface area contributed by atoms with E-state index in [1.165, 1.54) is 0 Å².